The van der Waals surface area contributed by atoms with E-state index in [-0.39, 0.29) is 36.4 Å². The summed E-state index contributed by atoms with van der Waals surface area (Å²) in [5.41, 5.74) is 0. The molecule has 1 heterocycles. The van der Waals surface area contributed by atoms with E-state index in [9.17, 15) is 4.79 Å². The van der Waals surface area contributed by atoms with Crippen molar-refractivity contribution in [3.05, 3.63) is 0 Å². The Labute approximate surface area is 138 Å². The number of halogens is 1. The molecule has 2 aliphatic rings. The Bertz CT molecular complexity index is 359. The van der Waals surface area contributed by atoms with Crippen molar-refractivity contribution in [1.82, 2.24) is 20.9 Å². The molecular formula is C13H26IN5O. The monoisotopic (exact) mass is 395 g/mol. The maximum atomic E-state index is 11.2. The highest BCUT2D eigenvalue weighted by atomic mass is 127. The Morgan fingerprint density at radius 3 is 2.60 bits per heavy atom. The van der Waals surface area contributed by atoms with E-state index in [2.05, 4.69) is 32.8 Å². The molecule has 7 heteroatoms. The van der Waals surface area contributed by atoms with Crippen LogP contribution in [-0.2, 0) is 4.79 Å². The third-order valence-electron chi connectivity index (χ3n) is 3.94. The Balaban J connectivity index is 0.00000200. The first-order chi connectivity index (χ1) is 9.13. The zero-order valence-electron chi connectivity index (χ0n) is 12.5. The number of nitrogens with one attached hydrogen (secondary N) is 3. The van der Waals surface area contributed by atoms with Gasteiger partial charge in [0.05, 0.1) is 6.54 Å². The first-order valence-electron chi connectivity index (χ1n) is 7.06. The fourth-order valence-electron chi connectivity index (χ4n) is 2.55. The lowest BCUT2D eigenvalue weighted by atomic mass is 10.1. The second kappa shape index (κ2) is 8.02. The molecule has 1 saturated carbocycles. The molecule has 0 radical (unpaired) electrons. The normalized spacial score (nSPS) is 26.9. The van der Waals surface area contributed by atoms with Crippen molar-refractivity contribution in [2.24, 2.45) is 10.9 Å². The van der Waals surface area contributed by atoms with Crippen LogP contribution in [0.2, 0.25) is 0 Å². The molecule has 6 nitrogen and oxygen atoms in total. The van der Waals surface area contributed by atoms with Crippen LogP contribution >= 0.6 is 24.0 Å². The van der Waals surface area contributed by atoms with Gasteiger partial charge in [-0.15, -0.1) is 24.0 Å². The van der Waals surface area contributed by atoms with Crippen LogP contribution in [0.3, 0.4) is 0 Å². The first-order valence-corrected chi connectivity index (χ1v) is 7.06. The average molecular weight is 395 g/mol. The number of amides is 1. The standard InChI is InChI=1S/C13H25N5O.HI/c1-9-7-18(10-4-5-10)8-11(9)17-13(15-3)16-6-12(19)14-2;/h9-11H,4-8H2,1-3H3,(H,14,19)(H2,15,16,17);1H. The van der Waals surface area contributed by atoms with Crippen molar-refractivity contribution in [3.8, 4) is 0 Å². The van der Waals surface area contributed by atoms with Gasteiger partial charge in [0.15, 0.2) is 5.96 Å². The molecule has 2 rings (SSSR count). The molecule has 1 aliphatic carbocycles. The van der Waals surface area contributed by atoms with Crippen LogP contribution in [0.1, 0.15) is 19.8 Å². The van der Waals surface area contributed by atoms with Crippen LogP contribution in [0.25, 0.3) is 0 Å². The highest BCUT2D eigenvalue weighted by molar-refractivity contribution is 14.0. The maximum Gasteiger partial charge on any atom is 0.239 e. The predicted octanol–water partition coefficient (Wildman–Crippen LogP) is -0.00190. The predicted molar refractivity (Wildman–Crippen MR) is 91.5 cm³/mol. The number of likely N-dealkylation sites (N-methyl/N-ethyl adjacent to an activating group) is 1. The van der Waals surface area contributed by atoms with E-state index >= 15 is 0 Å². The molecule has 2 fully saturated rings. The Morgan fingerprint density at radius 1 is 1.35 bits per heavy atom. The lowest BCUT2D eigenvalue weighted by Crippen LogP contribution is -2.48. The van der Waals surface area contributed by atoms with E-state index in [1.807, 2.05) is 0 Å². The largest absolute Gasteiger partial charge is 0.358 e. The van der Waals surface area contributed by atoms with Crippen molar-refractivity contribution >= 4 is 35.8 Å². The quantitative estimate of drug-likeness (QED) is 0.356. The number of likely N-dealkylation sites (tertiary alicyclic amines) is 1. The number of nitrogens with zero attached hydrogens (tertiary/aromatic N) is 2. The van der Waals surface area contributed by atoms with Gasteiger partial charge < -0.3 is 16.0 Å². The average Bonchev–Trinajstić information content (AvgIpc) is 3.19. The molecule has 1 saturated heterocycles. The van der Waals surface area contributed by atoms with Crippen molar-refractivity contribution in [3.63, 3.8) is 0 Å². The van der Waals surface area contributed by atoms with E-state index in [0.29, 0.717) is 17.9 Å². The van der Waals surface area contributed by atoms with Gasteiger partial charge >= 0.3 is 0 Å². The summed E-state index contributed by atoms with van der Waals surface area (Å²) in [6.45, 7) is 4.76. The third-order valence-corrected chi connectivity index (χ3v) is 3.94. The highest BCUT2D eigenvalue weighted by Gasteiger charge is 2.38. The van der Waals surface area contributed by atoms with Crippen LogP contribution in [0.4, 0.5) is 0 Å². The van der Waals surface area contributed by atoms with Crippen LogP contribution < -0.4 is 16.0 Å². The van der Waals surface area contributed by atoms with Gasteiger partial charge in [0.2, 0.25) is 5.91 Å². The molecule has 116 valence electrons. The topological polar surface area (TPSA) is 68.8 Å². The Kier molecular flexibility index (Phi) is 7.01. The van der Waals surface area contributed by atoms with Crippen molar-refractivity contribution in [2.45, 2.75) is 31.8 Å². The van der Waals surface area contributed by atoms with Gasteiger partial charge in [-0.3, -0.25) is 14.7 Å². The smallest absolute Gasteiger partial charge is 0.239 e. The SMILES string of the molecule is CN=C(NCC(=O)NC)NC1CN(C2CC2)CC1C.I. The third kappa shape index (κ3) is 4.76. The Morgan fingerprint density at radius 2 is 2.05 bits per heavy atom. The maximum absolute atomic E-state index is 11.2. The fourth-order valence-corrected chi connectivity index (χ4v) is 2.55. The van der Waals surface area contributed by atoms with Gasteiger partial charge in [-0.25, -0.2) is 0 Å². The van der Waals surface area contributed by atoms with Gasteiger partial charge in [-0.2, -0.15) is 0 Å². The van der Waals surface area contributed by atoms with Crippen molar-refractivity contribution in [2.75, 3.05) is 33.7 Å². The summed E-state index contributed by atoms with van der Waals surface area (Å²) in [5.74, 6) is 1.28. The Hall–Kier alpha value is -0.570. The number of hydrogen-bond donors (Lipinski definition) is 3. The van der Waals surface area contributed by atoms with Crippen molar-refractivity contribution < 1.29 is 4.79 Å². The second-order valence-electron chi connectivity index (χ2n) is 5.51. The van der Waals surface area contributed by atoms with Crippen LogP contribution in [0.15, 0.2) is 4.99 Å². The molecule has 0 aromatic heterocycles. The molecule has 0 aromatic carbocycles. The zero-order chi connectivity index (χ0) is 13.8. The van der Waals surface area contributed by atoms with Crippen LogP contribution in [0.5, 0.6) is 0 Å². The van der Waals surface area contributed by atoms with E-state index in [4.69, 9.17) is 0 Å². The summed E-state index contributed by atoms with van der Waals surface area (Å²) in [6, 6.07) is 1.23. The number of carbonyl (C=O) groups is 1. The molecule has 0 bridgehead atoms. The molecule has 1 amide bonds. The molecule has 2 unspecified atom stereocenters. The molecule has 0 aromatic rings. The van der Waals surface area contributed by atoms with Gasteiger partial charge in [0.25, 0.3) is 0 Å². The highest BCUT2D eigenvalue weighted by Crippen LogP contribution is 2.31. The molecule has 3 N–H and O–H groups in total. The van der Waals surface area contributed by atoms with E-state index in [1.165, 1.54) is 12.8 Å². The second-order valence-corrected chi connectivity index (χ2v) is 5.51. The summed E-state index contributed by atoms with van der Waals surface area (Å²) >= 11 is 0. The molecule has 20 heavy (non-hydrogen) atoms. The minimum atomic E-state index is -0.0398. The summed E-state index contributed by atoms with van der Waals surface area (Å²) in [5, 5.41) is 9.04. The molecule has 2 atom stereocenters. The summed E-state index contributed by atoms with van der Waals surface area (Å²) in [7, 11) is 3.37. The zero-order valence-corrected chi connectivity index (χ0v) is 14.8. The van der Waals surface area contributed by atoms with E-state index < -0.39 is 0 Å². The van der Waals surface area contributed by atoms with Gasteiger partial charge in [-0.1, -0.05) is 6.92 Å². The summed E-state index contributed by atoms with van der Waals surface area (Å²) < 4.78 is 0. The molecular weight excluding hydrogens is 369 g/mol. The van der Waals surface area contributed by atoms with Gasteiger partial charge in [0, 0.05) is 39.3 Å². The van der Waals surface area contributed by atoms with Crippen LogP contribution in [-0.4, -0.2) is 62.6 Å². The summed E-state index contributed by atoms with van der Waals surface area (Å²) in [6.07, 6.45) is 2.70. The fraction of sp³-hybridized carbons (Fsp3) is 0.846. The number of guanidine groups is 1. The number of hydrogen-bond acceptors (Lipinski definition) is 3. The minimum Gasteiger partial charge on any atom is -0.358 e. The molecule has 0 spiro atoms. The van der Waals surface area contributed by atoms with E-state index in [1.54, 1.807) is 14.1 Å². The number of carbonyl (C=O) groups excluding carboxylic acids is 1. The summed E-state index contributed by atoms with van der Waals surface area (Å²) in [4.78, 5) is 18.0. The van der Waals surface area contributed by atoms with Gasteiger partial charge in [0.1, 0.15) is 0 Å². The van der Waals surface area contributed by atoms with E-state index in [0.717, 1.165) is 19.1 Å². The number of aliphatic imine (C=N–C) groups is 1. The van der Waals surface area contributed by atoms with Gasteiger partial charge in [-0.05, 0) is 18.8 Å². The molecule has 1 aliphatic heterocycles. The lowest BCUT2D eigenvalue weighted by Gasteiger charge is -2.20. The van der Waals surface area contributed by atoms with Crippen LogP contribution in [0, 0.1) is 5.92 Å². The lowest BCUT2D eigenvalue weighted by molar-refractivity contribution is -0.119. The van der Waals surface area contributed by atoms with Crippen molar-refractivity contribution in [1.29, 1.82) is 0 Å². The number of rotatable bonds is 4. The first kappa shape index (κ1) is 17.5. The minimum absolute atomic E-state index is 0.